The first kappa shape index (κ1) is 21.3. The van der Waals surface area contributed by atoms with E-state index >= 15 is 0 Å². The fraction of sp³-hybridized carbons (Fsp3) is 0.562. The minimum atomic E-state index is -1.22. The van der Waals surface area contributed by atoms with Crippen LogP contribution in [0.25, 0.3) is 0 Å². The summed E-state index contributed by atoms with van der Waals surface area (Å²) in [4.78, 5) is 60.3. The molecular weight excluding hydrogens is 378 g/mol. The van der Waals surface area contributed by atoms with Gasteiger partial charge in [-0.05, 0) is 0 Å². The van der Waals surface area contributed by atoms with Gasteiger partial charge in [-0.2, -0.15) is 0 Å². The monoisotopic (exact) mass is 399 g/mol. The molecule has 2 rings (SSSR count). The topological polar surface area (TPSA) is 169 Å². The van der Waals surface area contributed by atoms with Crippen LogP contribution in [0.3, 0.4) is 0 Å². The second kappa shape index (κ2) is 8.80. The molecule has 3 N–H and O–H groups in total. The van der Waals surface area contributed by atoms with E-state index < -0.39 is 53.6 Å². The fourth-order valence-electron chi connectivity index (χ4n) is 2.83. The zero-order chi connectivity index (χ0) is 21.0. The molecule has 4 atom stereocenters. The number of H-pyrrole nitrogens is 1. The molecule has 1 fully saturated rings. The highest BCUT2D eigenvalue weighted by Gasteiger charge is 2.51. The van der Waals surface area contributed by atoms with Gasteiger partial charge < -0.3 is 24.7 Å². The number of nitrogens with zero attached hydrogens (tertiary/aromatic N) is 1. The summed E-state index contributed by atoms with van der Waals surface area (Å²) in [6.07, 6.45) is -3.41. The van der Waals surface area contributed by atoms with Crippen molar-refractivity contribution in [3.05, 3.63) is 32.6 Å². The molecule has 1 aliphatic rings. The first-order valence-corrected chi connectivity index (χ1v) is 8.31. The second-order valence-corrected chi connectivity index (χ2v) is 6.04. The van der Waals surface area contributed by atoms with E-state index in [1.165, 1.54) is 13.1 Å². The maximum atomic E-state index is 12.3. The highest BCUT2D eigenvalue weighted by atomic mass is 16.6. The van der Waals surface area contributed by atoms with Gasteiger partial charge in [0.1, 0.15) is 18.8 Å². The Morgan fingerprint density at radius 2 is 1.71 bits per heavy atom. The van der Waals surface area contributed by atoms with Crippen molar-refractivity contribution in [2.45, 2.75) is 51.9 Å². The number of nitrogens with one attached hydrogen (secondary N) is 1. The lowest BCUT2D eigenvalue weighted by molar-refractivity contribution is -0.165. The molecule has 1 aromatic heterocycles. The number of hydrogen-bond donors (Lipinski definition) is 2. The summed E-state index contributed by atoms with van der Waals surface area (Å²) < 4.78 is 22.1. The Balaban J connectivity index is 2.49. The second-order valence-electron chi connectivity index (χ2n) is 6.04. The van der Waals surface area contributed by atoms with E-state index in [0.29, 0.717) is 0 Å². The highest BCUT2D eigenvalue weighted by molar-refractivity contribution is 5.68. The van der Waals surface area contributed by atoms with Crippen LogP contribution in [0.4, 0.5) is 0 Å². The molecule has 12 heteroatoms. The van der Waals surface area contributed by atoms with Crippen LogP contribution in [-0.4, -0.2) is 52.4 Å². The minimum absolute atomic E-state index is 0.0706. The van der Waals surface area contributed by atoms with Crippen LogP contribution in [0.5, 0.6) is 0 Å². The van der Waals surface area contributed by atoms with Gasteiger partial charge in [0.2, 0.25) is 0 Å². The van der Waals surface area contributed by atoms with Gasteiger partial charge in [0.25, 0.3) is 5.56 Å². The van der Waals surface area contributed by atoms with Crippen molar-refractivity contribution in [1.82, 2.24) is 9.55 Å². The van der Waals surface area contributed by atoms with Gasteiger partial charge in [-0.3, -0.25) is 28.7 Å². The molecule has 0 bridgehead atoms. The Hall–Kier alpha value is -2.99. The lowest BCUT2D eigenvalue weighted by Gasteiger charge is -2.23. The van der Waals surface area contributed by atoms with Crippen LogP contribution in [0.2, 0.25) is 0 Å². The number of hydrogen-bond acceptors (Lipinski definition) is 10. The summed E-state index contributed by atoms with van der Waals surface area (Å²) in [5, 5.41) is 0. The summed E-state index contributed by atoms with van der Waals surface area (Å²) in [7, 11) is 0. The van der Waals surface area contributed by atoms with Gasteiger partial charge in [-0.15, -0.1) is 0 Å². The summed E-state index contributed by atoms with van der Waals surface area (Å²) >= 11 is 0. The molecule has 0 saturated carbocycles. The molecule has 12 nitrogen and oxygen atoms in total. The third kappa shape index (κ3) is 4.84. The Morgan fingerprint density at radius 3 is 2.25 bits per heavy atom. The van der Waals surface area contributed by atoms with Crippen LogP contribution in [-0.2, 0) is 40.0 Å². The van der Waals surface area contributed by atoms with Gasteiger partial charge in [0, 0.05) is 27.0 Å². The summed E-state index contributed by atoms with van der Waals surface area (Å²) in [5.41, 5.74) is 3.89. The average molecular weight is 399 g/mol. The first-order chi connectivity index (χ1) is 13.1. The Kier molecular flexibility index (Phi) is 6.70. The number of ether oxygens (including phenoxy) is 4. The molecule has 2 heterocycles. The van der Waals surface area contributed by atoms with Crippen molar-refractivity contribution < 1.29 is 33.3 Å². The summed E-state index contributed by atoms with van der Waals surface area (Å²) in [5.74, 6) is -2.01. The van der Waals surface area contributed by atoms with E-state index in [1.54, 1.807) is 0 Å². The number of carbonyl (C=O) groups is 3. The molecule has 1 saturated heterocycles. The van der Waals surface area contributed by atoms with E-state index in [2.05, 4.69) is 4.98 Å². The van der Waals surface area contributed by atoms with Crippen LogP contribution in [0.1, 0.15) is 32.4 Å². The third-order valence-corrected chi connectivity index (χ3v) is 3.91. The zero-order valence-corrected chi connectivity index (χ0v) is 15.5. The molecule has 2 unspecified atom stereocenters. The van der Waals surface area contributed by atoms with E-state index in [-0.39, 0.29) is 18.8 Å². The SMILES string of the molecule is CC(=O)OC[C@H]1O[C@@H](c2cn(CN)c(=O)[nH]c2=O)C(OC(C)=O)C1OC(C)=O. The predicted octanol–water partition coefficient (Wildman–Crippen LogP) is -1.68. The van der Waals surface area contributed by atoms with Crippen LogP contribution in [0, 0.1) is 0 Å². The zero-order valence-electron chi connectivity index (χ0n) is 15.5. The predicted molar refractivity (Wildman–Crippen MR) is 90.9 cm³/mol. The molecule has 0 aliphatic carbocycles. The van der Waals surface area contributed by atoms with E-state index in [9.17, 15) is 24.0 Å². The number of nitrogens with two attached hydrogens (primary N) is 1. The quantitative estimate of drug-likeness (QED) is 0.416. The minimum Gasteiger partial charge on any atom is -0.463 e. The maximum absolute atomic E-state index is 12.3. The van der Waals surface area contributed by atoms with Crippen LogP contribution < -0.4 is 17.0 Å². The van der Waals surface area contributed by atoms with E-state index in [1.807, 2.05) is 0 Å². The smallest absolute Gasteiger partial charge is 0.329 e. The number of aromatic nitrogens is 2. The lowest BCUT2D eigenvalue weighted by atomic mass is 10.0. The van der Waals surface area contributed by atoms with Crippen molar-refractivity contribution in [3.63, 3.8) is 0 Å². The van der Waals surface area contributed by atoms with Crippen molar-refractivity contribution >= 4 is 17.9 Å². The Morgan fingerprint density at radius 1 is 1.11 bits per heavy atom. The Bertz CT molecular complexity index is 875. The number of esters is 3. The van der Waals surface area contributed by atoms with Crippen molar-refractivity contribution in [1.29, 1.82) is 0 Å². The first-order valence-electron chi connectivity index (χ1n) is 8.31. The van der Waals surface area contributed by atoms with Gasteiger partial charge >= 0.3 is 23.6 Å². The Labute approximate surface area is 158 Å². The van der Waals surface area contributed by atoms with Crippen LogP contribution >= 0.6 is 0 Å². The average Bonchev–Trinajstić information content (AvgIpc) is 2.89. The maximum Gasteiger partial charge on any atom is 0.329 e. The number of aromatic amines is 1. The van der Waals surface area contributed by atoms with Gasteiger partial charge in [-0.25, -0.2) is 4.79 Å². The molecule has 154 valence electrons. The molecule has 0 spiro atoms. The van der Waals surface area contributed by atoms with Gasteiger partial charge in [-0.1, -0.05) is 0 Å². The highest BCUT2D eigenvalue weighted by Crippen LogP contribution is 2.36. The summed E-state index contributed by atoms with van der Waals surface area (Å²) in [6.45, 7) is 2.92. The largest absolute Gasteiger partial charge is 0.463 e. The normalized spacial score (nSPS) is 23.9. The lowest BCUT2D eigenvalue weighted by Crippen LogP contribution is -2.41. The molecule has 0 aromatic carbocycles. The van der Waals surface area contributed by atoms with E-state index in [4.69, 9.17) is 24.7 Å². The third-order valence-electron chi connectivity index (χ3n) is 3.91. The molecular formula is C16H21N3O9. The molecule has 28 heavy (non-hydrogen) atoms. The van der Waals surface area contributed by atoms with Crippen LogP contribution in [0.15, 0.2) is 15.8 Å². The molecule has 1 aliphatic heterocycles. The number of carbonyl (C=O) groups excluding carboxylic acids is 3. The van der Waals surface area contributed by atoms with Gasteiger partial charge in [0.15, 0.2) is 12.2 Å². The van der Waals surface area contributed by atoms with Crippen molar-refractivity contribution in [2.75, 3.05) is 6.61 Å². The standard InChI is InChI=1S/C16H21N3O9/c1-7(20)25-5-11-13(26-8(2)21)14(27-9(3)22)12(28-11)10-4-19(6-17)16(24)18-15(10)23/h4,11-14H,5-6,17H2,1-3H3,(H,18,23,24)/t11-,12+,13?,14?/m1/s1. The van der Waals surface area contributed by atoms with Crippen molar-refractivity contribution in [2.24, 2.45) is 5.73 Å². The van der Waals surface area contributed by atoms with E-state index in [0.717, 1.165) is 18.4 Å². The fourth-order valence-corrected chi connectivity index (χ4v) is 2.83. The number of rotatable bonds is 6. The summed E-state index contributed by atoms with van der Waals surface area (Å²) in [6, 6.07) is 0. The van der Waals surface area contributed by atoms with Crippen molar-refractivity contribution in [3.8, 4) is 0 Å². The molecule has 0 amide bonds. The van der Waals surface area contributed by atoms with Gasteiger partial charge in [0.05, 0.1) is 12.2 Å². The molecule has 0 radical (unpaired) electrons. The molecule has 1 aromatic rings.